The lowest BCUT2D eigenvalue weighted by Gasteiger charge is -2.11. The Morgan fingerprint density at radius 3 is 2.65 bits per heavy atom. The van der Waals surface area contributed by atoms with Crippen molar-refractivity contribution in [3.05, 3.63) is 59.4 Å². The maximum absolute atomic E-state index is 12.7. The summed E-state index contributed by atoms with van der Waals surface area (Å²) in [6, 6.07) is 12.0. The molecule has 0 amide bonds. The number of para-hydroxylation sites is 2. The number of methoxy groups -OCH3 is 1. The number of hydrogen-bond donors (Lipinski definition) is 1. The van der Waals surface area contributed by atoms with E-state index in [0.29, 0.717) is 11.4 Å². The van der Waals surface area contributed by atoms with E-state index in [-0.39, 0.29) is 17.0 Å². The normalized spacial score (nSPS) is 11.7. The van der Waals surface area contributed by atoms with Gasteiger partial charge in [0, 0.05) is 7.05 Å². The van der Waals surface area contributed by atoms with Gasteiger partial charge in [-0.2, -0.15) is 0 Å². The van der Waals surface area contributed by atoms with E-state index >= 15 is 0 Å². The number of sulfonamides is 1. The van der Waals surface area contributed by atoms with E-state index in [1.807, 2.05) is 35.9 Å². The van der Waals surface area contributed by atoms with Crippen LogP contribution in [0.25, 0.3) is 11.0 Å². The van der Waals surface area contributed by atoms with Crippen LogP contribution in [-0.2, 0) is 28.4 Å². The number of aryl methyl sites for hydroxylation is 2. The van der Waals surface area contributed by atoms with Crippen LogP contribution in [0.5, 0.6) is 0 Å². The summed E-state index contributed by atoms with van der Waals surface area (Å²) < 4.78 is 34.5. The summed E-state index contributed by atoms with van der Waals surface area (Å²) in [5.74, 6) is 0.00773. The van der Waals surface area contributed by atoms with E-state index in [0.717, 1.165) is 11.0 Å². The summed E-state index contributed by atoms with van der Waals surface area (Å²) in [6.07, 6.45) is 0. The number of benzene rings is 2. The Morgan fingerprint density at radius 1 is 1.23 bits per heavy atom. The largest absolute Gasteiger partial charge is 0.465 e. The van der Waals surface area contributed by atoms with Crippen molar-refractivity contribution in [1.82, 2.24) is 14.3 Å². The van der Waals surface area contributed by atoms with Gasteiger partial charge in [0.05, 0.1) is 35.1 Å². The van der Waals surface area contributed by atoms with Crippen LogP contribution in [0, 0.1) is 6.92 Å². The summed E-state index contributed by atoms with van der Waals surface area (Å²) >= 11 is 0. The van der Waals surface area contributed by atoms with Crippen LogP contribution in [0.1, 0.15) is 21.7 Å². The summed E-state index contributed by atoms with van der Waals surface area (Å²) in [7, 11) is -0.733. The summed E-state index contributed by atoms with van der Waals surface area (Å²) in [5.41, 5.74) is 2.44. The molecule has 0 saturated heterocycles. The van der Waals surface area contributed by atoms with Crippen molar-refractivity contribution in [3.63, 3.8) is 0 Å². The molecule has 0 spiro atoms. The molecule has 26 heavy (non-hydrogen) atoms. The first-order chi connectivity index (χ1) is 12.3. The minimum Gasteiger partial charge on any atom is -0.465 e. The highest BCUT2D eigenvalue weighted by atomic mass is 32.2. The van der Waals surface area contributed by atoms with Gasteiger partial charge < -0.3 is 9.30 Å². The second-order valence-corrected chi connectivity index (χ2v) is 7.61. The second kappa shape index (κ2) is 6.89. The summed E-state index contributed by atoms with van der Waals surface area (Å²) in [5, 5.41) is 0. The SMILES string of the molecule is COC(=O)c1ccc(C)c(S(=O)(=O)NCc2nc3ccccc3n2C)c1. The van der Waals surface area contributed by atoms with Crippen LogP contribution in [-0.4, -0.2) is 31.0 Å². The number of imidazole rings is 1. The Labute approximate surface area is 151 Å². The average molecular weight is 373 g/mol. The van der Waals surface area contributed by atoms with E-state index in [1.54, 1.807) is 13.0 Å². The van der Waals surface area contributed by atoms with Crippen LogP contribution in [0.3, 0.4) is 0 Å². The van der Waals surface area contributed by atoms with Gasteiger partial charge in [-0.05, 0) is 36.8 Å². The van der Waals surface area contributed by atoms with Gasteiger partial charge in [0.25, 0.3) is 0 Å². The minimum atomic E-state index is -3.82. The molecule has 136 valence electrons. The maximum atomic E-state index is 12.7. The van der Waals surface area contributed by atoms with Crippen LogP contribution in [0.15, 0.2) is 47.4 Å². The van der Waals surface area contributed by atoms with Crippen molar-refractivity contribution in [1.29, 1.82) is 0 Å². The van der Waals surface area contributed by atoms with E-state index in [2.05, 4.69) is 14.4 Å². The van der Waals surface area contributed by atoms with Crippen LogP contribution >= 0.6 is 0 Å². The van der Waals surface area contributed by atoms with E-state index in [4.69, 9.17) is 0 Å². The first-order valence-electron chi connectivity index (χ1n) is 7.92. The molecule has 1 aromatic heterocycles. The first-order valence-corrected chi connectivity index (χ1v) is 9.41. The fourth-order valence-corrected chi connectivity index (χ4v) is 3.97. The van der Waals surface area contributed by atoms with Crippen molar-refractivity contribution in [2.45, 2.75) is 18.4 Å². The molecule has 0 saturated carbocycles. The predicted octanol–water partition coefficient (Wildman–Crippen LogP) is 2.15. The Bertz CT molecular complexity index is 1090. The van der Waals surface area contributed by atoms with Crippen molar-refractivity contribution < 1.29 is 17.9 Å². The quantitative estimate of drug-likeness (QED) is 0.692. The molecule has 3 rings (SSSR count). The van der Waals surface area contributed by atoms with Crippen LogP contribution in [0.4, 0.5) is 0 Å². The molecular weight excluding hydrogens is 354 g/mol. The second-order valence-electron chi connectivity index (χ2n) is 5.87. The Kier molecular flexibility index (Phi) is 4.80. The maximum Gasteiger partial charge on any atom is 0.337 e. The van der Waals surface area contributed by atoms with Gasteiger partial charge >= 0.3 is 5.97 Å². The third-order valence-corrected chi connectivity index (χ3v) is 5.74. The molecule has 0 aliphatic carbocycles. The molecule has 0 aliphatic heterocycles. The first kappa shape index (κ1) is 18.1. The highest BCUT2D eigenvalue weighted by molar-refractivity contribution is 7.89. The molecule has 1 N–H and O–H groups in total. The van der Waals surface area contributed by atoms with Gasteiger partial charge in [-0.15, -0.1) is 0 Å². The van der Waals surface area contributed by atoms with Gasteiger partial charge in [0.15, 0.2) is 0 Å². The number of esters is 1. The fourth-order valence-electron chi connectivity index (χ4n) is 2.73. The van der Waals surface area contributed by atoms with Gasteiger partial charge in [0.1, 0.15) is 5.82 Å². The van der Waals surface area contributed by atoms with Crippen molar-refractivity contribution in [2.24, 2.45) is 7.05 Å². The highest BCUT2D eigenvalue weighted by Crippen LogP contribution is 2.19. The van der Waals surface area contributed by atoms with Gasteiger partial charge in [-0.25, -0.2) is 22.9 Å². The number of ether oxygens (including phenoxy) is 1. The predicted molar refractivity (Wildman–Crippen MR) is 97.3 cm³/mol. The van der Waals surface area contributed by atoms with E-state index in [1.165, 1.54) is 19.2 Å². The molecule has 0 bridgehead atoms. The number of hydrogen-bond acceptors (Lipinski definition) is 5. The lowest BCUT2D eigenvalue weighted by atomic mass is 10.1. The molecule has 0 fully saturated rings. The van der Waals surface area contributed by atoms with E-state index in [9.17, 15) is 13.2 Å². The Morgan fingerprint density at radius 2 is 1.96 bits per heavy atom. The van der Waals surface area contributed by atoms with Crippen molar-refractivity contribution >= 4 is 27.0 Å². The molecule has 3 aromatic rings. The Hall–Kier alpha value is -2.71. The zero-order valence-electron chi connectivity index (χ0n) is 14.7. The number of aromatic nitrogens is 2. The lowest BCUT2D eigenvalue weighted by molar-refractivity contribution is 0.0600. The lowest BCUT2D eigenvalue weighted by Crippen LogP contribution is -2.25. The summed E-state index contributed by atoms with van der Waals surface area (Å²) in [6.45, 7) is 1.71. The third kappa shape index (κ3) is 3.33. The molecule has 0 aliphatic rings. The topological polar surface area (TPSA) is 90.3 Å². The van der Waals surface area contributed by atoms with Crippen LogP contribution < -0.4 is 4.72 Å². The molecule has 7 nitrogen and oxygen atoms in total. The summed E-state index contributed by atoms with van der Waals surface area (Å²) in [4.78, 5) is 16.2. The highest BCUT2D eigenvalue weighted by Gasteiger charge is 2.20. The van der Waals surface area contributed by atoms with Crippen LogP contribution in [0.2, 0.25) is 0 Å². The standard InChI is InChI=1S/C18H19N3O4S/c1-12-8-9-13(18(22)25-3)10-16(12)26(23,24)19-11-17-20-14-6-4-5-7-15(14)21(17)2/h4-10,19H,11H2,1-3H3. The third-order valence-electron chi connectivity index (χ3n) is 4.20. The molecule has 1 heterocycles. The molecule has 8 heteroatoms. The van der Waals surface area contributed by atoms with Crippen molar-refractivity contribution in [2.75, 3.05) is 7.11 Å². The Balaban J connectivity index is 1.89. The average Bonchev–Trinajstić information content (AvgIpc) is 2.96. The molecular formula is C18H19N3O4S. The fraction of sp³-hybridized carbons (Fsp3) is 0.222. The monoisotopic (exact) mass is 373 g/mol. The number of fused-ring (bicyclic) bond motifs is 1. The smallest absolute Gasteiger partial charge is 0.337 e. The zero-order chi connectivity index (χ0) is 18.9. The molecule has 2 aromatic carbocycles. The minimum absolute atomic E-state index is 0.0371. The number of carbonyl (C=O) groups is 1. The number of nitrogens with one attached hydrogen (secondary N) is 1. The molecule has 0 radical (unpaired) electrons. The van der Waals surface area contributed by atoms with E-state index < -0.39 is 16.0 Å². The van der Waals surface area contributed by atoms with Gasteiger partial charge in [-0.1, -0.05) is 18.2 Å². The number of rotatable bonds is 5. The zero-order valence-corrected chi connectivity index (χ0v) is 15.5. The van der Waals surface area contributed by atoms with Crippen molar-refractivity contribution in [3.8, 4) is 0 Å². The molecule has 0 unspecified atom stereocenters. The number of nitrogens with zero attached hydrogens (tertiary/aromatic N) is 2. The van der Waals surface area contributed by atoms with Gasteiger partial charge in [0.2, 0.25) is 10.0 Å². The number of carbonyl (C=O) groups excluding carboxylic acids is 1. The molecule has 0 atom stereocenters. The van der Waals surface area contributed by atoms with Gasteiger partial charge in [-0.3, -0.25) is 0 Å².